The predicted octanol–water partition coefficient (Wildman–Crippen LogP) is 14.8. The van der Waals surface area contributed by atoms with Crippen molar-refractivity contribution in [2.45, 2.75) is 305 Å². The van der Waals surface area contributed by atoms with Crippen LogP contribution in [0.5, 0.6) is 17.2 Å². The molecule has 6 N–H and O–H groups in total. The molecule has 0 radical (unpaired) electrons. The Morgan fingerprint density at radius 1 is 0.503 bits per heavy atom. The number of halogens is 21. The van der Waals surface area contributed by atoms with Crippen LogP contribution >= 0.6 is 31.9 Å². The first-order chi connectivity index (χ1) is 65.1. The van der Waals surface area contributed by atoms with Crippen molar-refractivity contribution in [2.24, 2.45) is 11.8 Å². The van der Waals surface area contributed by atoms with Gasteiger partial charge in [0.15, 0.2) is 110 Å². The van der Waals surface area contributed by atoms with Gasteiger partial charge in [0.25, 0.3) is 6.47 Å². The summed E-state index contributed by atoms with van der Waals surface area (Å²) in [6.07, 6.45) is 38.2. The van der Waals surface area contributed by atoms with E-state index in [1.807, 2.05) is 19.8 Å². The molecule has 780 valence electrons. The minimum Gasteiger partial charge on any atom is -1.00 e. The van der Waals surface area contributed by atoms with Crippen LogP contribution in [0.2, 0.25) is 0 Å². The molecule has 2 aliphatic heterocycles. The number of aromatic hydroxyl groups is 1. The average Bonchev–Trinajstić information content (AvgIpc) is 0.781. The predicted molar refractivity (Wildman–Crippen MR) is 503 cm³/mol. The third kappa shape index (κ3) is 65.3. The number of carbonyl (C=O) groups is 3. The number of aliphatic hydroxyl groups is 4. The molecule has 0 amide bonds. The van der Waals surface area contributed by atoms with Crippen LogP contribution in [0.3, 0.4) is 0 Å². The number of alkyl halides is 1. The molecule has 0 bridgehead atoms. The van der Waals surface area contributed by atoms with Crippen LogP contribution in [0, 0.1) is 171 Å². The first-order valence-corrected chi connectivity index (χ1v) is 47.0. The van der Waals surface area contributed by atoms with Crippen molar-refractivity contribution in [2.75, 3.05) is 11.9 Å². The first kappa shape index (κ1) is 151. The van der Waals surface area contributed by atoms with Crippen LogP contribution in [0.25, 0.3) is 0 Å². The van der Waals surface area contributed by atoms with E-state index in [1.165, 1.54) is 95.7 Å². The Morgan fingerprint density at radius 2 is 0.902 bits per heavy atom. The first-order valence-electron chi connectivity index (χ1n) is 45.1. The molecule has 4 atom stereocenters. The van der Waals surface area contributed by atoms with Gasteiger partial charge in [0.05, 0.1) is 46.1 Å². The number of phenols is 1. The zero-order valence-electron chi connectivity index (χ0n) is 86.1. The maximum atomic E-state index is 13.6. The number of ether oxygens (including phenoxy) is 3. The zero-order valence-corrected chi connectivity index (χ0v) is 97.5. The normalized spacial score (nSPS) is 13.7. The number of phenolic OH excluding ortho intramolecular Hbond substituents is 1. The zero-order chi connectivity index (χ0) is 105. The van der Waals surface area contributed by atoms with Crippen LogP contribution in [-0.4, -0.2) is 97.3 Å². The van der Waals surface area contributed by atoms with Gasteiger partial charge in [-0.15, -0.1) is 12.8 Å². The molecule has 2 heterocycles. The van der Waals surface area contributed by atoms with Gasteiger partial charge >= 0.3 is 168 Å². The minimum atomic E-state index is -1.56. The number of unbranched alkanes of at least 4 members (excludes halogenated alkanes) is 8. The number of hydrogen-bond donors (Lipinski definition) is 5. The topological polar surface area (TPSA) is 242 Å². The largest absolute Gasteiger partial charge is 1.00 e. The number of aliphatic hydroxyl groups excluding tert-OH is 2. The van der Waals surface area contributed by atoms with Gasteiger partial charge in [-0.2, -0.15) is 13.2 Å². The Bertz CT molecular complexity index is 4970. The van der Waals surface area contributed by atoms with Gasteiger partial charge in [-0.25, -0.2) is 70.2 Å². The Hall–Kier alpha value is -4.55. The molecular weight excluding hydrogens is 2120 g/mol. The van der Waals surface area contributed by atoms with Gasteiger partial charge in [0, 0.05) is 24.2 Å². The minimum absolute atomic E-state index is 0. The van der Waals surface area contributed by atoms with E-state index in [1.54, 1.807) is 26.8 Å². The second-order valence-corrected chi connectivity index (χ2v) is 33.7. The van der Waals surface area contributed by atoms with Gasteiger partial charge in [-0.1, -0.05) is 201 Å². The summed E-state index contributed by atoms with van der Waals surface area (Å²) in [6, 6.07) is 13.6. The Kier molecular flexibility index (Phi) is 92.2. The van der Waals surface area contributed by atoms with Crippen molar-refractivity contribution >= 4 is 50.6 Å². The molecule has 143 heavy (non-hydrogen) atoms. The SMILES string of the molecule is C#CC(C)(C)O.C#Cc1ccc(F)c(F)c1F.CC(C)(O)C#Cc1ccc(F)c(F)c1F.CCCCC(O)C#Cc1ccc(F)c(F)c1F.CCCCC(O)CCc1ccc(F)c(F)c1F.CCCCC1CCc2cc(O)c(F)c(F)c2O1.CCCCC1CCc2ccc(F)c(F)c2O1.CCCCC=O.CCCCCC1CCC(CBr)CC1.CCOC(C)=O.Fc1ccc(Br)c(F)c1F.O=CO[O-].[H-].[H-].[K+].[K+].[Na+].[Na+].[OH-]. The molecule has 7 aromatic carbocycles. The number of carbonyl (C=O) groups excluding carboxylic acids is 3. The van der Waals surface area contributed by atoms with E-state index in [0.717, 1.165) is 181 Å². The van der Waals surface area contributed by atoms with Crippen LogP contribution in [0.1, 0.15) is 286 Å². The van der Waals surface area contributed by atoms with E-state index >= 15 is 0 Å². The molecule has 10 rings (SSSR count). The number of aldehydes is 1. The summed E-state index contributed by atoms with van der Waals surface area (Å²) in [6.45, 7) is 21.9. The number of aryl methyl sites for hydroxylation is 3. The number of terminal acetylenes is 2. The summed E-state index contributed by atoms with van der Waals surface area (Å²) in [7, 11) is 0. The molecule has 0 aromatic heterocycles. The number of rotatable bonds is 25. The van der Waals surface area contributed by atoms with Crippen LogP contribution < -0.4 is 177 Å². The Balaban J connectivity index is -0.000000202. The summed E-state index contributed by atoms with van der Waals surface area (Å²) in [5, 5.41) is 55.6. The molecule has 4 unspecified atom stereocenters. The Labute approximate surface area is 978 Å². The number of benzene rings is 7. The molecule has 1 saturated carbocycles. The second kappa shape index (κ2) is 87.1. The van der Waals surface area contributed by atoms with Gasteiger partial charge < -0.3 is 63.0 Å². The molecule has 0 spiro atoms. The van der Waals surface area contributed by atoms with E-state index in [2.05, 4.69) is 98.8 Å². The molecule has 1 aliphatic carbocycles. The van der Waals surface area contributed by atoms with E-state index in [-0.39, 0.29) is 240 Å². The third-order valence-corrected chi connectivity index (χ3v) is 21.2. The van der Waals surface area contributed by atoms with Gasteiger partial charge in [-0.05, 0) is 224 Å². The van der Waals surface area contributed by atoms with Gasteiger partial charge in [-0.3, -0.25) is 9.59 Å². The van der Waals surface area contributed by atoms with E-state index in [0.29, 0.717) is 37.9 Å². The van der Waals surface area contributed by atoms with E-state index in [4.69, 9.17) is 37.5 Å². The quantitative estimate of drug-likeness (QED) is 0.00306. The molecule has 1 fully saturated rings. The number of fused-ring (bicyclic) bond motifs is 2. The van der Waals surface area contributed by atoms with Crippen molar-refractivity contribution in [3.8, 4) is 65.6 Å². The van der Waals surface area contributed by atoms with Crippen molar-refractivity contribution < 1.29 is 318 Å². The van der Waals surface area contributed by atoms with E-state index < -0.39 is 140 Å². The molecule has 3 aliphatic rings. The van der Waals surface area contributed by atoms with Crippen LogP contribution in [0.15, 0.2) is 83.3 Å². The summed E-state index contributed by atoms with van der Waals surface area (Å²) in [4.78, 5) is 30.6. The smallest absolute Gasteiger partial charge is 1.00 e. The molecular formula is C104H129Br2F19K2Na2O14. The molecule has 0 saturated heterocycles. The molecule has 14 nitrogen and oxygen atoms in total. The second-order valence-electron chi connectivity index (χ2n) is 32.2. The van der Waals surface area contributed by atoms with Crippen molar-refractivity contribution in [1.82, 2.24) is 0 Å². The number of hydrogen-bond acceptors (Lipinski definition) is 14. The van der Waals surface area contributed by atoms with Crippen LogP contribution in [-0.2, 0) is 43.3 Å². The van der Waals surface area contributed by atoms with Gasteiger partial charge in [0.1, 0.15) is 23.6 Å². The fraction of sp³-hybridized carbons (Fsp3) is 0.490. The molecule has 7 aromatic rings. The van der Waals surface area contributed by atoms with Gasteiger partial charge in [0.2, 0.25) is 17.5 Å². The van der Waals surface area contributed by atoms with Crippen molar-refractivity contribution in [3.05, 3.63) is 227 Å². The fourth-order valence-corrected chi connectivity index (χ4v) is 12.9. The standard InChI is InChI=1S/C13H17F3O.C13H13F3O.C13H16F2O2.C13H16F2O.C12H23Br.C11H9F3O.C8H3F3.C6H2BrF3.C5H8O.C5H10O.C4H8O2.CH2O3.2K.2Na.H2O.2H/c2*1-2-3-4-10(17)7-5-9-6-8-11(14)13(16)12(9)15;1-2-3-4-9-6-5-8-7-10(16)11(14)12(15)13(8)17-9;1-2-3-4-10-7-5-9-6-8-11(14)12(15)13(9)16-10;1-2-3-4-5-11-6-8-12(10-13)9-7-11;1-11(2,15)6-5-7-3-4-8(12)10(14)9(7)13;1-2-5-3-4-6(9)8(11)7(5)10;7-3-1-2-4(8)6(10)5(3)9;1-4-5(2,3)6;1-2-3-4-5-6;1-3-6-4(2)5;2-1-4-3;;;;;;;/h6,8,10,17H,2-5,7H2,1H3;6,8,10,17H,2-4H2,1H3;7,9,16H,2-6H2,1H3;6,8,10H,2-5,7H2,1H3;11-12H,2-10H2,1H3;3-4,15H,1-2H3;1,3-4H;1-2H;1,6H,2-3H3;5H,2-4H2,1H3;3H2,1-2H3;1,3H;;;;;1H2;;/q;;;;;;;;;;;;4*+1;;2*-1/p-2. The van der Waals surface area contributed by atoms with Crippen LogP contribution in [0.4, 0.5) is 83.4 Å². The van der Waals surface area contributed by atoms with Crippen molar-refractivity contribution in [3.63, 3.8) is 0 Å². The summed E-state index contributed by atoms with van der Waals surface area (Å²) in [5.74, 6) is -9.28. The number of esters is 1. The maximum Gasteiger partial charge on any atom is 1.00 e. The van der Waals surface area contributed by atoms with Crippen molar-refractivity contribution in [1.29, 1.82) is 0 Å². The maximum absolute atomic E-state index is 13.6. The fourth-order valence-electron chi connectivity index (χ4n) is 12.0. The monoisotopic (exact) mass is 2240 g/mol. The van der Waals surface area contributed by atoms with E-state index in [9.17, 15) is 113 Å². The average molecular weight is 2250 g/mol. The third-order valence-electron chi connectivity index (χ3n) is 19.7. The summed E-state index contributed by atoms with van der Waals surface area (Å²) < 4.78 is 258. The summed E-state index contributed by atoms with van der Waals surface area (Å²) in [5.41, 5.74) is -1.60. The molecule has 39 heteroatoms. The Morgan fingerprint density at radius 3 is 1.31 bits per heavy atom. The summed E-state index contributed by atoms with van der Waals surface area (Å²) >= 11 is 6.29.